The predicted molar refractivity (Wildman–Crippen MR) is 71.1 cm³/mol. The highest BCUT2D eigenvalue weighted by molar-refractivity contribution is 7.91. The van der Waals surface area contributed by atoms with Gasteiger partial charge in [-0.3, -0.25) is 0 Å². The van der Waals surface area contributed by atoms with Crippen molar-refractivity contribution in [3.63, 3.8) is 0 Å². The second kappa shape index (κ2) is 5.40. The lowest BCUT2D eigenvalue weighted by atomic mass is 9.99. The van der Waals surface area contributed by atoms with Gasteiger partial charge in [-0.15, -0.1) is 0 Å². The Balaban J connectivity index is 2.06. The van der Waals surface area contributed by atoms with Crippen molar-refractivity contribution in [2.24, 2.45) is 5.92 Å². The molecule has 2 rings (SSSR count). The minimum atomic E-state index is -2.79. The molecular weight excluding hydrogens is 250 g/mol. The number of sulfone groups is 1. The highest BCUT2D eigenvalue weighted by Crippen LogP contribution is 2.28. The molecule has 2 heterocycles. The molecule has 1 aliphatic heterocycles. The summed E-state index contributed by atoms with van der Waals surface area (Å²) in [6, 6.07) is 0.137. The van der Waals surface area contributed by atoms with Gasteiger partial charge in [-0.25, -0.2) is 13.4 Å². The third kappa shape index (κ3) is 2.92. The van der Waals surface area contributed by atoms with Gasteiger partial charge in [-0.1, -0.05) is 0 Å². The Morgan fingerprint density at radius 2 is 2.39 bits per heavy atom. The molecule has 0 aromatic carbocycles. The number of aryl methyl sites for hydroxylation is 1. The number of nitrogens with zero attached hydrogens (tertiary/aromatic N) is 2. The Labute approximate surface area is 109 Å². The SMILES string of the molecule is CCn1ccnc1C(CC1CCS(=O)(=O)C1)NC. The van der Waals surface area contributed by atoms with Crippen molar-refractivity contribution in [3.05, 3.63) is 18.2 Å². The maximum atomic E-state index is 11.5. The van der Waals surface area contributed by atoms with Crippen LogP contribution < -0.4 is 5.32 Å². The number of rotatable bonds is 5. The molecule has 1 N–H and O–H groups in total. The van der Waals surface area contributed by atoms with Gasteiger partial charge in [0.15, 0.2) is 9.84 Å². The molecule has 18 heavy (non-hydrogen) atoms. The Morgan fingerprint density at radius 1 is 1.61 bits per heavy atom. The normalized spacial score (nSPS) is 24.2. The number of hydrogen-bond donors (Lipinski definition) is 1. The molecule has 5 nitrogen and oxygen atoms in total. The first-order chi connectivity index (χ1) is 8.55. The third-order valence-corrected chi connectivity index (χ3v) is 5.48. The fraction of sp³-hybridized carbons (Fsp3) is 0.750. The van der Waals surface area contributed by atoms with Gasteiger partial charge in [0.05, 0.1) is 17.5 Å². The molecule has 1 aromatic heterocycles. The zero-order valence-electron chi connectivity index (χ0n) is 11.0. The molecule has 0 radical (unpaired) electrons. The van der Waals surface area contributed by atoms with Crippen LogP contribution in [0.5, 0.6) is 0 Å². The Hall–Kier alpha value is -0.880. The first-order valence-electron chi connectivity index (χ1n) is 6.44. The number of imidazole rings is 1. The van der Waals surface area contributed by atoms with E-state index in [0.717, 1.165) is 25.2 Å². The van der Waals surface area contributed by atoms with Crippen molar-refractivity contribution in [1.29, 1.82) is 0 Å². The topological polar surface area (TPSA) is 64.0 Å². The van der Waals surface area contributed by atoms with Crippen molar-refractivity contribution in [1.82, 2.24) is 14.9 Å². The highest BCUT2D eigenvalue weighted by Gasteiger charge is 2.30. The average molecular weight is 271 g/mol. The largest absolute Gasteiger partial charge is 0.334 e. The van der Waals surface area contributed by atoms with Crippen molar-refractivity contribution in [2.45, 2.75) is 32.4 Å². The van der Waals surface area contributed by atoms with E-state index in [2.05, 4.69) is 21.8 Å². The smallest absolute Gasteiger partial charge is 0.150 e. The Morgan fingerprint density at radius 3 is 2.94 bits per heavy atom. The van der Waals surface area contributed by atoms with E-state index in [1.807, 2.05) is 13.2 Å². The van der Waals surface area contributed by atoms with Crippen LogP contribution in [0.3, 0.4) is 0 Å². The summed E-state index contributed by atoms with van der Waals surface area (Å²) in [5, 5.41) is 3.26. The van der Waals surface area contributed by atoms with Crippen LogP contribution in [-0.2, 0) is 16.4 Å². The van der Waals surface area contributed by atoms with Crippen LogP contribution in [0.4, 0.5) is 0 Å². The molecule has 0 saturated carbocycles. The van der Waals surface area contributed by atoms with Crippen LogP contribution in [0.25, 0.3) is 0 Å². The molecule has 0 spiro atoms. The monoisotopic (exact) mass is 271 g/mol. The lowest BCUT2D eigenvalue weighted by Crippen LogP contribution is -2.24. The molecule has 0 aliphatic carbocycles. The summed E-state index contributed by atoms with van der Waals surface area (Å²) in [6.07, 6.45) is 5.39. The summed E-state index contributed by atoms with van der Waals surface area (Å²) >= 11 is 0. The molecule has 1 aliphatic rings. The molecule has 0 bridgehead atoms. The van der Waals surface area contributed by atoms with Gasteiger partial charge in [0.25, 0.3) is 0 Å². The molecule has 0 amide bonds. The Bertz CT molecular complexity index is 495. The lowest BCUT2D eigenvalue weighted by molar-refractivity contribution is 0.411. The van der Waals surface area contributed by atoms with E-state index in [1.54, 1.807) is 6.20 Å². The van der Waals surface area contributed by atoms with Crippen LogP contribution >= 0.6 is 0 Å². The summed E-state index contributed by atoms with van der Waals surface area (Å²) in [7, 11) is -0.883. The van der Waals surface area contributed by atoms with E-state index >= 15 is 0 Å². The summed E-state index contributed by atoms with van der Waals surface area (Å²) < 4.78 is 25.1. The van der Waals surface area contributed by atoms with E-state index in [9.17, 15) is 8.42 Å². The first-order valence-corrected chi connectivity index (χ1v) is 8.26. The maximum absolute atomic E-state index is 11.5. The zero-order valence-corrected chi connectivity index (χ0v) is 11.8. The molecule has 6 heteroatoms. The van der Waals surface area contributed by atoms with Gasteiger partial charge < -0.3 is 9.88 Å². The molecule has 102 valence electrons. The van der Waals surface area contributed by atoms with Gasteiger partial charge in [0, 0.05) is 18.9 Å². The van der Waals surface area contributed by atoms with Gasteiger partial charge in [0.1, 0.15) is 5.82 Å². The minimum absolute atomic E-state index is 0.137. The molecule has 1 saturated heterocycles. The van der Waals surface area contributed by atoms with Crippen molar-refractivity contribution < 1.29 is 8.42 Å². The van der Waals surface area contributed by atoms with E-state index < -0.39 is 9.84 Å². The van der Waals surface area contributed by atoms with Crippen LogP contribution in [0.1, 0.15) is 31.6 Å². The summed E-state index contributed by atoms with van der Waals surface area (Å²) in [5.41, 5.74) is 0. The van der Waals surface area contributed by atoms with Crippen LogP contribution in [0, 0.1) is 5.92 Å². The second-order valence-corrected chi connectivity index (χ2v) is 7.15. The Kier molecular flexibility index (Phi) is 4.07. The standard InChI is InChI=1S/C12H21N3O2S/c1-3-15-6-5-14-12(15)11(13-2)8-10-4-7-18(16,17)9-10/h5-6,10-11,13H,3-4,7-9H2,1-2H3. The number of hydrogen-bond acceptors (Lipinski definition) is 4. The van der Waals surface area contributed by atoms with Crippen molar-refractivity contribution in [3.8, 4) is 0 Å². The fourth-order valence-corrected chi connectivity index (χ4v) is 4.52. The molecular formula is C12H21N3O2S. The van der Waals surface area contributed by atoms with E-state index in [-0.39, 0.29) is 12.0 Å². The maximum Gasteiger partial charge on any atom is 0.150 e. The predicted octanol–water partition coefficient (Wildman–Crippen LogP) is 0.988. The van der Waals surface area contributed by atoms with E-state index in [1.165, 1.54) is 0 Å². The fourth-order valence-electron chi connectivity index (χ4n) is 2.64. The number of nitrogens with one attached hydrogen (secondary N) is 1. The van der Waals surface area contributed by atoms with E-state index in [4.69, 9.17) is 0 Å². The van der Waals surface area contributed by atoms with Gasteiger partial charge in [-0.05, 0) is 32.7 Å². The van der Waals surface area contributed by atoms with Crippen molar-refractivity contribution in [2.75, 3.05) is 18.6 Å². The van der Waals surface area contributed by atoms with Crippen LogP contribution in [0.15, 0.2) is 12.4 Å². The summed E-state index contributed by atoms with van der Waals surface area (Å²) in [4.78, 5) is 4.39. The van der Waals surface area contributed by atoms with Gasteiger partial charge >= 0.3 is 0 Å². The quantitative estimate of drug-likeness (QED) is 0.867. The molecule has 2 unspecified atom stereocenters. The highest BCUT2D eigenvalue weighted by atomic mass is 32.2. The zero-order chi connectivity index (χ0) is 13.2. The van der Waals surface area contributed by atoms with Gasteiger partial charge in [0.2, 0.25) is 0 Å². The van der Waals surface area contributed by atoms with Crippen LogP contribution in [0.2, 0.25) is 0 Å². The second-order valence-electron chi connectivity index (χ2n) is 4.92. The average Bonchev–Trinajstić information content (AvgIpc) is 2.92. The summed E-state index contributed by atoms with van der Waals surface area (Å²) in [5.74, 6) is 1.94. The summed E-state index contributed by atoms with van der Waals surface area (Å²) in [6.45, 7) is 2.97. The van der Waals surface area contributed by atoms with Gasteiger partial charge in [-0.2, -0.15) is 0 Å². The number of aromatic nitrogens is 2. The van der Waals surface area contributed by atoms with E-state index in [0.29, 0.717) is 11.5 Å². The minimum Gasteiger partial charge on any atom is -0.334 e. The first kappa shape index (κ1) is 13.5. The van der Waals surface area contributed by atoms with Crippen molar-refractivity contribution >= 4 is 9.84 Å². The molecule has 1 aromatic rings. The molecule has 2 atom stereocenters. The molecule has 1 fully saturated rings. The lowest BCUT2D eigenvalue weighted by Gasteiger charge is -2.19. The third-order valence-electron chi connectivity index (χ3n) is 3.64. The van der Waals surface area contributed by atoms with Crippen LogP contribution in [-0.4, -0.2) is 36.5 Å².